The van der Waals surface area contributed by atoms with E-state index in [1.54, 1.807) is 25.5 Å². The third kappa shape index (κ3) is 5.87. The summed E-state index contributed by atoms with van der Waals surface area (Å²) in [6, 6.07) is 9.54. The first-order valence-corrected chi connectivity index (χ1v) is 5.77. The third-order valence-corrected chi connectivity index (χ3v) is 2.20. The Morgan fingerprint density at radius 2 is 1.56 bits per heavy atom. The highest BCUT2D eigenvalue weighted by Gasteiger charge is 1.99. The van der Waals surface area contributed by atoms with E-state index in [-0.39, 0.29) is 0 Å². The summed E-state index contributed by atoms with van der Waals surface area (Å²) in [6.07, 6.45) is 13.9. The molecule has 0 saturated heterocycles. The van der Waals surface area contributed by atoms with Crippen LogP contribution in [0.25, 0.3) is 0 Å². The monoisotopic (exact) mass is 242 g/mol. The number of methoxy groups -OCH3 is 1. The van der Waals surface area contributed by atoms with Crippen LogP contribution in [0.4, 0.5) is 0 Å². The number of allylic oxidation sites excluding steroid dienone is 6. The standard InChI is InChI=1S/C16H18O2/c1-18-14-10-5-3-2-4-9-13-16(17)15-11-7-6-8-12-15/h2-14,16-17H,1H3/b4-2+,5-3+,13-9+,14-10+. The summed E-state index contributed by atoms with van der Waals surface area (Å²) in [7, 11) is 1.61. The van der Waals surface area contributed by atoms with Crippen LogP contribution in [-0.4, -0.2) is 12.2 Å². The Labute approximate surface area is 108 Å². The minimum Gasteiger partial charge on any atom is -0.504 e. The van der Waals surface area contributed by atoms with Crippen molar-refractivity contribution >= 4 is 0 Å². The van der Waals surface area contributed by atoms with Gasteiger partial charge >= 0.3 is 0 Å². The Morgan fingerprint density at radius 3 is 2.22 bits per heavy atom. The van der Waals surface area contributed by atoms with Gasteiger partial charge in [0, 0.05) is 0 Å². The van der Waals surface area contributed by atoms with Gasteiger partial charge in [0.15, 0.2) is 0 Å². The van der Waals surface area contributed by atoms with Gasteiger partial charge in [-0.1, -0.05) is 66.8 Å². The SMILES string of the molecule is CO/C=C/C=C/C=C/C=C/C(O)c1ccccc1. The van der Waals surface area contributed by atoms with Gasteiger partial charge in [-0.25, -0.2) is 0 Å². The molecule has 0 radical (unpaired) electrons. The molecule has 1 aromatic rings. The summed E-state index contributed by atoms with van der Waals surface area (Å²) < 4.78 is 4.75. The molecule has 1 aromatic carbocycles. The molecule has 18 heavy (non-hydrogen) atoms. The Morgan fingerprint density at radius 1 is 0.944 bits per heavy atom. The van der Waals surface area contributed by atoms with Crippen LogP contribution in [0.5, 0.6) is 0 Å². The van der Waals surface area contributed by atoms with Gasteiger partial charge in [-0.2, -0.15) is 0 Å². The van der Waals surface area contributed by atoms with E-state index in [1.807, 2.05) is 60.7 Å². The predicted molar refractivity (Wildman–Crippen MR) is 75.0 cm³/mol. The second kappa shape index (κ2) is 9.02. The lowest BCUT2D eigenvalue weighted by Crippen LogP contribution is -1.91. The van der Waals surface area contributed by atoms with E-state index < -0.39 is 6.10 Å². The second-order valence-corrected chi connectivity index (χ2v) is 3.57. The molecule has 1 atom stereocenters. The van der Waals surface area contributed by atoms with Gasteiger partial charge < -0.3 is 9.84 Å². The van der Waals surface area contributed by atoms with E-state index >= 15 is 0 Å². The van der Waals surface area contributed by atoms with Crippen LogP contribution < -0.4 is 0 Å². The molecule has 0 amide bonds. The molecule has 0 spiro atoms. The Bertz CT molecular complexity index is 428. The average Bonchev–Trinajstić information content (AvgIpc) is 2.42. The molecule has 1 rings (SSSR count). The maximum atomic E-state index is 9.83. The van der Waals surface area contributed by atoms with Crippen LogP contribution in [0.2, 0.25) is 0 Å². The maximum Gasteiger partial charge on any atom is 0.0974 e. The molecule has 0 aromatic heterocycles. The smallest absolute Gasteiger partial charge is 0.0974 e. The van der Waals surface area contributed by atoms with E-state index in [0.29, 0.717) is 0 Å². The summed E-state index contributed by atoms with van der Waals surface area (Å²) in [4.78, 5) is 0. The normalized spacial score (nSPS) is 14.1. The van der Waals surface area contributed by atoms with E-state index in [4.69, 9.17) is 4.74 Å². The zero-order valence-electron chi connectivity index (χ0n) is 10.4. The highest BCUT2D eigenvalue weighted by Crippen LogP contribution is 2.12. The van der Waals surface area contributed by atoms with Gasteiger partial charge in [0.25, 0.3) is 0 Å². The first kappa shape index (κ1) is 14.0. The second-order valence-electron chi connectivity index (χ2n) is 3.57. The van der Waals surface area contributed by atoms with Crippen molar-refractivity contribution in [3.63, 3.8) is 0 Å². The fraction of sp³-hybridized carbons (Fsp3) is 0.125. The van der Waals surface area contributed by atoms with Crippen molar-refractivity contribution in [3.8, 4) is 0 Å². The summed E-state index contributed by atoms with van der Waals surface area (Å²) >= 11 is 0. The number of aliphatic hydroxyl groups excluding tert-OH is 1. The van der Waals surface area contributed by atoms with Crippen LogP contribution in [0.3, 0.4) is 0 Å². The van der Waals surface area contributed by atoms with Crippen molar-refractivity contribution in [1.82, 2.24) is 0 Å². The van der Waals surface area contributed by atoms with E-state index in [9.17, 15) is 5.11 Å². The molecule has 1 N–H and O–H groups in total. The van der Waals surface area contributed by atoms with Crippen LogP contribution in [-0.2, 0) is 4.74 Å². The summed E-state index contributed by atoms with van der Waals surface area (Å²) in [5.74, 6) is 0. The molecule has 0 fully saturated rings. The molecule has 0 saturated carbocycles. The maximum absolute atomic E-state index is 9.83. The molecule has 0 aliphatic carbocycles. The van der Waals surface area contributed by atoms with Gasteiger partial charge in [0.05, 0.1) is 19.5 Å². The molecule has 2 nitrogen and oxygen atoms in total. The lowest BCUT2D eigenvalue weighted by atomic mass is 10.1. The van der Waals surface area contributed by atoms with Gasteiger partial charge in [0.1, 0.15) is 0 Å². The van der Waals surface area contributed by atoms with Crippen LogP contribution in [0, 0.1) is 0 Å². The molecule has 0 aliphatic rings. The van der Waals surface area contributed by atoms with Crippen molar-refractivity contribution in [1.29, 1.82) is 0 Å². The van der Waals surface area contributed by atoms with Gasteiger partial charge in [0.2, 0.25) is 0 Å². The van der Waals surface area contributed by atoms with E-state index in [2.05, 4.69) is 0 Å². The summed E-state index contributed by atoms with van der Waals surface area (Å²) in [5, 5.41) is 9.83. The number of aliphatic hydroxyl groups is 1. The molecule has 0 bridgehead atoms. The van der Waals surface area contributed by atoms with E-state index in [1.165, 1.54) is 0 Å². The van der Waals surface area contributed by atoms with Crippen LogP contribution >= 0.6 is 0 Å². The quantitative estimate of drug-likeness (QED) is 0.610. The number of benzene rings is 1. The van der Waals surface area contributed by atoms with Crippen LogP contribution in [0.15, 0.2) is 79.1 Å². The predicted octanol–water partition coefficient (Wildman–Crippen LogP) is 3.55. The van der Waals surface area contributed by atoms with Crippen molar-refractivity contribution in [2.75, 3.05) is 7.11 Å². The zero-order valence-corrected chi connectivity index (χ0v) is 10.4. The van der Waals surface area contributed by atoms with Crippen molar-refractivity contribution in [3.05, 3.63) is 84.7 Å². The summed E-state index contributed by atoms with van der Waals surface area (Å²) in [5.41, 5.74) is 0.890. The lowest BCUT2D eigenvalue weighted by Gasteiger charge is -2.03. The lowest BCUT2D eigenvalue weighted by molar-refractivity contribution is 0.228. The van der Waals surface area contributed by atoms with Crippen molar-refractivity contribution in [2.24, 2.45) is 0 Å². The minimum absolute atomic E-state index is 0.562. The molecular formula is C16H18O2. The fourth-order valence-corrected chi connectivity index (χ4v) is 1.31. The number of rotatable bonds is 6. The number of ether oxygens (including phenoxy) is 1. The highest BCUT2D eigenvalue weighted by molar-refractivity contribution is 5.23. The van der Waals surface area contributed by atoms with E-state index in [0.717, 1.165) is 5.56 Å². The minimum atomic E-state index is -0.562. The first-order chi connectivity index (χ1) is 8.84. The number of hydrogen-bond donors (Lipinski definition) is 1. The van der Waals surface area contributed by atoms with Crippen molar-refractivity contribution in [2.45, 2.75) is 6.10 Å². The average molecular weight is 242 g/mol. The molecular weight excluding hydrogens is 224 g/mol. The Kier molecular flexibility index (Phi) is 7.02. The topological polar surface area (TPSA) is 29.5 Å². The largest absolute Gasteiger partial charge is 0.504 e. The number of hydrogen-bond acceptors (Lipinski definition) is 2. The molecule has 94 valence electrons. The molecule has 0 aliphatic heterocycles. The van der Waals surface area contributed by atoms with Crippen LogP contribution in [0.1, 0.15) is 11.7 Å². The van der Waals surface area contributed by atoms with Gasteiger partial charge in [-0.15, -0.1) is 0 Å². The fourth-order valence-electron chi connectivity index (χ4n) is 1.31. The van der Waals surface area contributed by atoms with Gasteiger partial charge in [-0.05, 0) is 11.6 Å². The molecule has 2 heteroatoms. The third-order valence-electron chi connectivity index (χ3n) is 2.20. The highest BCUT2D eigenvalue weighted by atomic mass is 16.5. The zero-order chi connectivity index (χ0) is 13.1. The first-order valence-electron chi connectivity index (χ1n) is 5.77. The molecule has 0 heterocycles. The molecule has 1 unspecified atom stereocenters. The van der Waals surface area contributed by atoms with Crippen molar-refractivity contribution < 1.29 is 9.84 Å². The Balaban J connectivity index is 2.39. The Hall–Kier alpha value is -2.06. The summed E-state index contributed by atoms with van der Waals surface area (Å²) in [6.45, 7) is 0. The van der Waals surface area contributed by atoms with Gasteiger partial charge in [-0.3, -0.25) is 0 Å².